The highest BCUT2D eigenvalue weighted by atomic mass is 35.5. The van der Waals surface area contributed by atoms with Crippen molar-refractivity contribution in [1.29, 1.82) is 5.26 Å². The minimum atomic E-state index is 0.0785. The Bertz CT molecular complexity index is 517. The third kappa shape index (κ3) is 3.62. The van der Waals surface area contributed by atoms with E-state index < -0.39 is 0 Å². The average molecular weight is 297 g/mol. The van der Waals surface area contributed by atoms with Gasteiger partial charge in [0.15, 0.2) is 0 Å². The van der Waals surface area contributed by atoms with Gasteiger partial charge in [0.2, 0.25) is 5.91 Å². The molecule has 1 heterocycles. The quantitative estimate of drug-likeness (QED) is 0.840. The zero-order valence-electron chi connectivity index (χ0n) is 10.4. The van der Waals surface area contributed by atoms with Crippen LogP contribution in [-0.2, 0) is 11.2 Å². The maximum absolute atomic E-state index is 12.1. The zero-order valence-corrected chi connectivity index (χ0v) is 11.9. The number of carbonyl (C=O) groups excluding carboxylic acids is 1. The second-order valence-corrected chi connectivity index (χ2v) is 5.52. The molecule has 0 N–H and O–H groups in total. The van der Waals surface area contributed by atoms with Gasteiger partial charge in [-0.3, -0.25) is 4.79 Å². The van der Waals surface area contributed by atoms with E-state index in [1.54, 1.807) is 12.1 Å². The molecule has 2 rings (SSSR count). The van der Waals surface area contributed by atoms with Gasteiger partial charge >= 0.3 is 0 Å². The largest absolute Gasteiger partial charge is 0.342 e. The fourth-order valence-electron chi connectivity index (χ4n) is 2.19. The van der Waals surface area contributed by atoms with Gasteiger partial charge in [-0.25, -0.2) is 0 Å². The number of piperidine rings is 1. The van der Waals surface area contributed by atoms with Gasteiger partial charge in [0.1, 0.15) is 0 Å². The van der Waals surface area contributed by atoms with Crippen LogP contribution in [-0.4, -0.2) is 23.9 Å². The SMILES string of the molecule is N#CC1CCN(C(=O)Cc2ccc(Cl)c(Cl)c2)CC1. The molecule has 1 fully saturated rings. The number of hydrogen-bond donors (Lipinski definition) is 0. The van der Waals surface area contributed by atoms with E-state index in [2.05, 4.69) is 6.07 Å². The molecule has 3 nitrogen and oxygen atoms in total. The first-order valence-corrected chi connectivity index (χ1v) is 6.97. The molecule has 0 aromatic heterocycles. The molecule has 5 heteroatoms. The number of nitrogens with zero attached hydrogens (tertiary/aromatic N) is 2. The number of nitriles is 1. The molecule has 0 unspecified atom stereocenters. The second-order valence-electron chi connectivity index (χ2n) is 4.71. The first kappa shape index (κ1) is 14.2. The lowest BCUT2D eigenvalue weighted by molar-refractivity contribution is -0.131. The van der Waals surface area contributed by atoms with E-state index in [1.165, 1.54) is 0 Å². The standard InChI is InChI=1S/C14H14Cl2N2O/c15-12-2-1-11(7-13(12)16)8-14(19)18-5-3-10(9-17)4-6-18/h1-2,7,10H,3-6,8H2. The summed E-state index contributed by atoms with van der Waals surface area (Å²) in [6.07, 6.45) is 1.86. The molecular formula is C14H14Cl2N2O. The first-order chi connectivity index (χ1) is 9.10. The van der Waals surface area contributed by atoms with Crippen LogP contribution in [0.25, 0.3) is 0 Å². The number of amides is 1. The molecule has 1 aromatic carbocycles. The lowest BCUT2D eigenvalue weighted by Gasteiger charge is -2.29. The number of halogens is 2. The first-order valence-electron chi connectivity index (χ1n) is 6.21. The molecule has 19 heavy (non-hydrogen) atoms. The van der Waals surface area contributed by atoms with Crippen molar-refractivity contribution in [3.05, 3.63) is 33.8 Å². The summed E-state index contributed by atoms with van der Waals surface area (Å²) in [4.78, 5) is 13.9. The molecule has 1 amide bonds. The molecule has 1 aliphatic heterocycles. The Morgan fingerprint density at radius 1 is 1.32 bits per heavy atom. The number of likely N-dealkylation sites (tertiary alicyclic amines) is 1. The molecule has 0 atom stereocenters. The fourth-order valence-corrected chi connectivity index (χ4v) is 2.51. The highest BCUT2D eigenvalue weighted by molar-refractivity contribution is 6.42. The van der Waals surface area contributed by atoms with Gasteiger partial charge in [-0.05, 0) is 30.5 Å². The topological polar surface area (TPSA) is 44.1 Å². The van der Waals surface area contributed by atoms with E-state index in [4.69, 9.17) is 28.5 Å². The predicted molar refractivity (Wildman–Crippen MR) is 75.1 cm³/mol. The van der Waals surface area contributed by atoms with Crippen LogP contribution < -0.4 is 0 Å². The van der Waals surface area contributed by atoms with Crippen LogP contribution in [0.3, 0.4) is 0 Å². The summed E-state index contributed by atoms with van der Waals surface area (Å²) in [5, 5.41) is 9.79. The highest BCUT2D eigenvalue weighted by Gasteiger charge is 2.22. The van der Waals surface area contributed by atoms with E-state index in [-0.39, 0.29) is 11.8 Å². The highest BCUT2D eigenvalue weighted by Crippen LogP contribution is 2.23. The number of rotatable bonds is 2. The molecule has 0 saturated carbocycles. The summed E-state index contributed by atoms with van der Waals surface area (Å²) in [5.74, 6) is 0.170. The van der Waals surface area contributed by atoms with Gasteiger partial charge in [0.25, 0.3) is 0 Å². The van der Waals surface area contributed by atoms with Crippen molar-refractivity contribution in [2.45, 2.75) is 19.3 Å². The van der Waals surface area contributed by atoms with Crippen LogP contribution in [0.4, 0.5) is 0 Å². The van der Waals surface area contributed by atoms with Crippen molar-refractivity contribution in [1.82, 2.24) is 4.90 Å². The maximum Gasteiger partial charge on any atom is 0.226 e. The molecule has 0 radical (unpaired) electrons. The van der Waals surface area contributed by atoms with Crippen LogP contribution in [0.15, 0.2) is 18.2 Å². The van der Waals surface area contributed by atoms with Gasteiger partial charge in [-0.15, -0.1) is 0 Å². The zero-order chi connectivity index (χ0) is 13.8. The Morgan fingerprint density at radius 3 is 2.58 bits per heavy atom. The molecular weight excluding hydrogens is 283 g/mol. The Balaban J connectivity index is 1.94. The number of hydrogen-bond acceptors (Lipinski definition) is 2. The van der Waals surface area contributed by atoms with Crippen LogP contribution in [0.5, 0.6) is 0 Å². The van der Waals surface area contributed by atoms with Crippen LogP contribution in [0, 0.1) is 17.2 Å². The average Bonchev–Trinajstić information content (AvgIpc) is 2.43. The monoisotopic (exact) mass is 296 g/mol. The van der Waals surface area contributed by atoms with E-state index >= 15 is 0 Å². The van der Waals surface area contributed by atoms with Crippen molar-refractivity contribution in [3.8, 4) is 6.07 Å². The van der Waals surface area contributed by atoms with Crippen LogP contribution in [0.1, 0.15) is 18.4 Å². The second kappa shape index (κ2) is 6.27. The smallest absolute Gasteiger partial charge is 0.226 e. The summed E-state index contributed by atoms with van der Waals surface area (Å²) in [6, 6.07) is 7.50. The molecule has 0 bridgehead atoms. The van der Waals surface area contributed by atoms with E-state index in [0.29, 0.717) is 29.6 Å². The van der Waals surface area contributed by atoms with Gasteiger partial charge in [0.05, 0.1) is 22.5 Å². The Hall–Kier alpha value is -1.24. The van der Waals surface area contributed by atoms with E-state index in [0.717, 1.165) is 18.4 Å². The number of benzene rings is 1. The Kier molecular flexibility index (Phi) is 4.68. The molecule has 1 saturated heterocycles. The Morgan fingerprint density at radius 2 is 2.00 bits per heavy atom. The molecule has 1 aromatic rings. The van der Waals surface area contributed by atoms with E-state index in [9.17, 15) is 4.79 Å². The summed E-state index contributed by atoms with van der Waals surface area (Å²) in [7, 11) is 0. The molecule has 100 valence electrons. The van der Waals surface area contributed by atoms with Crippen molar-refractivity contribution >= 4 is 29.1 Å². The normalized spacial score (nSPS) is 16.2. The minimum absolute atomic E-state index is 0.0785. The van der Waals surface area contributed by atoms with Crippen molar-refractivity contribution in [3.63, 3.8) is 0 Å². The Labute approximate surface area is 122 Å². The van der Waals surface area contributed by atoms with Crippen molar-refractivity contribution < 1.29 is 4.79 Å². The lowest BCUT2D eigenvalue weighted by atomic mass is 9.98. The fraction of sp³-hybridized carbons (Fsp3) is 0.429. The van der Waals surface area contributed by atoms with Gasteiger partial charge in [-0.1, -0.05) is 29.3 Å². The summed E-state index contributed by atoms with van der Waals surface area (Å²) < 4.78 is 0. The van der Waals surface area contributed by atoms with Crippen molar-refractivity contribution in [2.24, 2.45) is 5.92 Å². The molecule has 1 aliphatic rings. The summed E-state index contributed by atoms with van der Waals surface area (Å²) in [6.45, 7) is 1.33. The third-order valence-corrected chi connectivity index (χ3v) is 4.11. The van der Waals surface area contributed by atoms with Gasteiger partial charge in [-0.2, -0.15) is 5.26 Å². The van der Waals surface area contributed by atoms with Crippen LogP contribution in [0.2, 0.25) is 10.0 Å². The molecule has 0 aliphatic carbocycles. The van der Waals surface area contributed by atoms with E-state index in [1.807, 2.05) is 11.0 Å². The maximum atomic E-state index is 12.1. The predicted octanol–water partition coefficient (Wildman–Crippen LogP) is 3.30. The van der Waals surface area contributed by atoms with Crippen molar-refractivity contribution in [2.75, 3.05) is 13.1 Å². The molecule has 0 spiro atoms. The lowest BCUT2D eigenvalue weighted by Crippen LogP contribution is -2.39. The minimum Gasteiger partial charge on any atom is -0.342 e. The van der Waals surface area contributed by atoms with Gasteiger partial charge in [0, 0.05) is 19.0 Å². The van der Waals surface area contributed by atoms with Crippen LogP contribution >= 0.6 is 23.2 Å². The summed E-state index contributed by atoms with van der Waals surface area (Å²) in [5.41, 5.74) is 0.863. The third-order valence-electron chi connectivity index (χ3n) is 3.37. The number of carbonyl (C=O) groups is 1. The van der Waals surface area contributed by atoms with Gasteiger partial charge < -0.3 is 4.90 Å². The summed E-state index contributed by atoms with van der Waals surface area (Å²) >= 11 is 11.8.